The number of anilines is 1. The quantitative estimate of drug-likeness (QED) is 0.632. The molecule has 112 valence electrons. The van der Waals surface area contributed by atoms with E-state index in [4.69, 9.17) is 10.5 Å². The van der Waals surface area contributed by atoms with Crippen molar-refractivity contribution in [3.05, 3.63) is 35.4 Å². The van der Waals surface area contributed by atoms with Crippen molar-refractivity contribution in [2.24, 2.45) is 0 Å². The van der Waals surface area contributed by atoms with Crippen molar-refractivity contribution in [2.45, 2.75) is 33.1 Å². The number of unbranched alkanes of at least 4 members (excludes halogenated alkanes) is 1. The number of benzene rings is 1. The van der Waals surface area contributed by atoms with Gasteiger partial charge in [-0.2, -0.15) is 5.10 Å². The van der Waals surface area contributed by atoms with Crippen LogP contribution in [0.4, 0.5) is 5.82 Å². The minimum Gasteiger partial charge on any atom is -0.465 e. The molecule has 2 aromatic rings. The molecule has 1 aromatic heterocycles. The van der Waals surface area contributed by atoms with Crippen LogP contribution in [0.3, 0.4) is 0 Å². The van der Waals surface area contributed by atoms with E-state index in [-0.39, 0.29) is 12.4 Å². The fourth-order valence-electron chi connectivity index (χ4n) is 2.04. The summed E-state index contributed by atoms with van der Waals surface area (Å²) in [4.78, 5) is 11.9. The van der Waals surface area contributed by atoms with Crippen LogP contribution in [0.1, 0.15) is 30.9 Å². The minimum absolute atomic E-state index is 0.134. The maximum atomic E-state index is 11.9. The van der Waals surface area contributed by atoms with Crippen LogP contribution in [0.25, 0.3) is 11.3 Å². The Kier molecular flexibility index (Phi) is 4.98. The van der Waals surface area contributed by atoms with Gasteiger partial charge >= 0.3 is 5.97 Å². The van der Waals surface area contributed by atoms with E-state index in [1.165, 1.54) is 5.56 Å². The number of rotatable bonds is 6. The number of esters is 1. The minimum atomic E-state index is -0.273. The maximum absolute atomic E-state index is 11.9. The molecule has 1 aromatic carbocycles. The lowest BCUT2D eigenvalue weighted by Crippen LogP contribution is -2.10. The average Bonchev–Trinajstić information content (AvgIpc) is 2.82. The fraction of sp³-hybridized carbons (Fsp3) is 0.375. The second-order valence-electron chi connectivity index (χ2n) is 5.08. The van der Waals surface area contributed by atoms with Gasteiger partial charge in [0.1, 0.15) is 5.82 Å². The molecule has 0 bridgehead atoms. The lowest BCUT2D eigenvalue weighted by atomic mass is 10.0. The standard InChI is InChI=1S/C16H21N3O2/c1-3-4-9-21-14(20)10-13-15(18-19-16(13)17)12-7-5-11(2)6-8-12/h5-8H,3-4,9-10H2,1-2H3,(H3,17,18,19). The number of aromatic nitrogens is 2. The Balaban J connectivity index is 2.14. The van der Waals surface area contributed by atoms with E-state index in [1.807, 2.05) is 31.2 Å². The van der Waals surface area contributed by atoms with Gasteiger partial charge in [-0.05, 0) is 18.9 Å². The van der Waals surface area contributed by atoms with E-state index in [0.717, 1.165) is 24.1 Å². The van der Waals surface area contributed by atoms with Crippen LogP contribution >= 0.6 is 0 Å². The van der Waals surface area contributed by atoms with Gasteiger partial charge in [0.2, 0.25) is 0 Å². The first-order valence-corrected chi connectivity index (χ1v) is 7.17. The Bertz CT molecular complexity index is 602. The van der Waals surface area contributed by atoms with Gasteiger partial charge in [-0.3, -0.25) is 9.89 Å². The maximum Gasteiger partial charge on any atom is 0.310 e. The summed E-state index contributed by atoms with van der Waals surface area (Å²) >= 11 is 0. The number of nitrogens with zero attached hydrogens (tertiary/aromatic N) is 1. The number of carbonyl (C=O) groups is 1. The number of nitrogens with one attached hydrogen (secondary N) is 1. The number of aromatic amines is 1. The summed E-state index contributed by atoms with van der Waals surface area (Å²) in [6.07, 6.45) is 2.00. The van der Waals surface area contributed by atoms with Gasteiger partial charge in [0.15, 0.2) is 0 Å². The Morgan fingerprint density at radius 3 is 2.71 bits per heavy atom. The molecule has 0 amide bonds. The van der Waals surface area contributed by atoms with Crippen LogP contribution in [0.5, 0.6) is 0 Å². The highest BCUT2D eigenvalue weighted by molar-refractivity contribution is 5.79. The average molecular weight is 287 g/mol. The third-order valence-corrected chi connectivity index (χ3v) is 3.32. The first-order chi connectivity index (χ1) is 10.1. The summed E-state index contributed by atoms with van der Waals surface area (Å²) in [7, 11) is 0. The second kappa shape index (κ2) is 6.92. The van der Waals surface area contributed by atoms with Gasteiger partial charge in [-0.25, -0.2) is 0 Å². The normalized spacial score (nSPS) is 10.6. The van der Waals surface area contributed by atoms with E-state index in [9.17, 15) is 4.79 Å². The van der Waals surface area contributed by atoms with Crippen molar-refractivity contribution in [1.29, 1.82) is 0 Å². The van der Waals surface area contributed by atoms with Crippen LogP contribution in [-0.4, -0.2) is 22.8 Å². The van der Waals surface area contributed by atoms with Crippen molar-refractivity contribution >= 4 is 11.8 Å². The number of aryl methyl sites for hydroxylation is 1. The molecule has 0 saturated carbocycles. The molecule has 0 unspecified atom stereocenters. The Morgan fingerprint density at radius 2 is 2.05 bits per heavy atom. The molecular weight excluding hydrogens is 266 g/mol. The molecule has 21 heavy (non-hydrogen) atoms. The zero-order valence-corrected chi connectivity index (χ0v) is 12.5. The highest BCUT2D eigenvalue weighted by atomic mass is 16.5. The van der Waals surface area contributed by atoms with E-state index in [0.29, 0.717) is 18.0 Å². The summed E-state index contributed by atoms with van der Waals surface area (Å²) in [6.45, 7) is 4.53. The monoisotopic (exact) mass is 287 g/mol. The van der Waals surface area contributed by atoms with Gasteiger partial charge in [0.05, 0.1) is 18.7 Å². The van der Waals surface area contributed by atoms with Crippen molar-refractivity contribution in [1.82, 2.24) is 10.2 Å². The molecule has 5 heteroatoms. The summed E-state index contributed by atoms with van der Waals surface area (Å²) < 4.78 is 5.18. The zero-order valence-electron chi connectivity index (χ0n) is 12.5. The second-order valence-corrected chi connectivity index (χ2v) is 5.08. The third kappa shape index (κ3) is 3.84. The first kappa shape index (κ1) is 15.1. The van der Waals surface area contributed by atoms with E-state index in [1.54, 1.807) is 0 Å². The Labute approximate surface area is 124 Å². The van der Waals surface area contributed by atoms with E-state index in [2.05, 4.69) is 17.1 Å². The number of hydrogen-bond donors (Lipinski definition) is 2. The molecule has 0 radical (unpaired) electrons. The fourth-order valence-corrected chi connectivity index (χ4v) is 2.04. The highest BCUT2D eigenvalue weighted by Crippen LogP contribution is 2.26. The summed E-state index contributed by atoms with van der Waals surface area (Å²) in [5.74, 6) is 0.0722. The Hall–Kier alpha value is -2.30. The lowest BCUT2D eigenvalue weighted by Gasteiger charge is -2.06. The molecule has 0 spiro atoms. The molecule has 1 heterocycles. The van der Waals surface area contributed by atoms with Gasteiger partial charge in [-0.15, -0.1) is 0 Å². The van der Waals surface area contributed by atoms with E-state index >= 15 is 0 Å². The Morgan fingerprint density at radius 1 is 1.33 bits per heavy atom. The number of ether oxygens (including phenoxy) is 1. The predicted octanol–water partition coefficient (Wildman–Crippen LogP) is 2.85. The predicted molar refractivity (Wildman–Crippen MR) is 82.7 cm³/mol. The smallest absolute Gasteiger partial charge is 0.310 e. The number of nitrogens with two attached hydrogens (primary N) is 1. The molecule has 0 atom stereocenters. The van der Waals surface area contributed by atoms with Crippen molar-refractivity contribution < 1.29 is 9.53 Å². The molecule has 2 rings (SSSR count). The summed E-state index contributed by atoms with van der Waals surface area (Å²) in [5.41, 5.74) is 9.47. The molecule has 0 aliphatic rings. The highest BCUT2D eigenvalue weighted by Gasteiger charge is 2.16. The van der Waals surface area contributed by atoms with Crippen molar-refractivity contribution in [3.8, 4) is 11.3 Å². The lowest BCUT2D eigenvalue weighted by molar-refractivity contribution is -0.142. The molecule has 0 fully saturated rings. The molecular formula is C16H21N3O2. The molecule has 0 saturated heterocycles. The first-order valence-electron chi connectivity index (χ1n) is 7.17. The van der Waals surface area contributed by atoms with Gasteiger partial charge in [-0.1, -0.05) is 43.2 Å². The van der Waals surface area contributed by atoms with Crippen molar-refractivity contribution in [3.63, 3.8) is 0 Å². The van der Waals surface area contributed by atoms with Crippen LogP contribution in [0.15, 0.2) is 24.3 Å². The molecule has 0 aliphatic carbocycles. The molecule has 5 nitrogen and oxygen atoms in total. The van der Waals surface area contributed by atoms with Crippen molar-refractivity contribution in [2.75, 3.05) is 12.3 Å². The van der Waals surface area contributed by atoms with Crippen LogP contribution < -0.4 is 5.73 Å². The van der Waals surface area contributed by atoms with Crippen LogP contribution in [-0.2, 0) is 16.0 Å². The SMILES string of the molecule is CCCCOC(=O)Cc1c(N)n[nH]c1-c1ccc(C)cc1. The number of hydrogen-bond acceptors (Lipinski definition) is 4. The molecule has 0 aliphatic heterocycles. The largest absolute Gasteiger partial charge is 0.465 e. The summed E-state index contributed by atoms with van der Waals surface area (Å²) in [6, 6.07) is 7.98. The zero-order chi connectivity index (χ0) is 15.2. The topological polar surface area (TPSA) is 81.0 Å². The van der Waals surface area contributed by atoms with Gasteiger partial charge in [0.25, 0.3) is 0 Å². The number of H-pyrrole nitrogens is 1. The number of carbonyl (C=O) groups excluding carboxylic acids is 1. The van der Waals surface area contributed by atoms with E-state index < -0.39 is 0 Å². The van der Waals surface area contributed by atoms with Gasteiger partial charge in [0, 0.05) is 5.56 Å². The van der Waals surface area contributed by atoms with Crippen LogP contribution in [0.2, 0.25) is 0 Å². The van der Waals surface area contributed by atoms with Crippen LogP contribution in [0, 0.1) is 6.92 Å². The van der Waals surface area contributed by atoms with Gasteiger partial charge < -0.3 is 10.5 Å². The molecule has 3 N–H and O–H groups in total. The third-order valence-electron chi connectivity index (χ3n) is 3.32. The summed E-state index contributed by atoms with van der Waals surface area (Å²) in [5, 5.41) is 6.91. The number of nitrogen functional groups attached to an aromatic ring is 1.